The Morgan fingerprint density at radius 3 is 2.74 bits per heavy atom. The summed E-state index contributed by atoms with van der Waals surface area (Å²) in [6.45, 7) is 2.81. The van der Waals surface area contributed by atoms with Gasteiger partial charge >= 0.3 is 6.36 Å². The van der Waals surface area contributed by atoms with E-state index < -0.39 is 6.36 Å². The van der Waals surface area contributed by atoms with Crippen molar-refractivity contribution in [3.05, 3.63) is 53.2 Å². The van der Waals surface area contributed by atoms with Crippen molar-refractivity contribution in [3.63, 3.8) is 0 Å². The molecule has 1 amide bonds. The van der Waals surface area contributed by atoms with E-state index in [0.717, 1.165) is 11.3 Å². The first kappa shape index (κ1) is 22.8. The van der Waals surface area contributed by atoms with Crippen LogP contribution < -0.4 is 10.1 Å². The Labute approximate surface area is 180 Å². The zero-order valence-corrected chi connectivity index (χ0v) is 17.5. The van der Waals surface area contributed by atoms with Gasteiger partial charge in [0.15, 0.2) is 0 Å². The summed E-state index contributed by atoms with van der Waals surface area (Å²) in [7, 11) is 0. The zero-order chi connectivity index (χ0) is 22.3. The predicted octanol–water partition coefficient (Wildman–Crippen LogP) is 4.23. The Morgan fingerprint density at radius 1 is 1.23 bits per heavy atom. The summed E-state index contributed by atoms with van der Waals surface area (Å²) in [5.41, 5.74) is 0.229. The highest BCUT2D eigenvalue weighted by molar-refractivity contribution is 7.13. The monoisotopic (exact) mass is 454 g/mol. The summed E-state index contributed by atoms with van der Waals surface area (Å²) in [6.07, 6.45) is -4.01. The average Bonchev–Trinajstić information content (AvgIpc) is 3.38. The van der Waals surface area contributed by atoms with Crippen LogP contribution in [0.2, 0.25) is 0 Å². The van der Waals surface area contributed by atoms with Crippen LogP contribution in [-0.4, -0.2) is 40.5 Å². The molecule has 31 heavy (non-hydrogen) atoms. The third-order valence-electron chi connectivity index (χ3n) is 4.14. The number of amides is 1. The maximum absolute atomic E-state index is 12.5. The first-order chi connectivity index (χ1) is 14.8. The molecule has 1 aromatic carbocycles. The van der Waals surface area contributed by atoms with Crippen molar-refractivity contribution in [3.8, 4) is 16.5 Å². The van der Waals surface area contributed by atoms with Crippen LogP contribution in [0.25, 0.3) is 10.8 Å². The van der Waals surface area contributed by atoms with E-state index in [2.05, 4.69) is 20.3 Å². The highest BCUT2D eigenvalue weighted by Gasteiger charge is 2.32. The first-order valence-corrected chi connectivity index (χ1v) is 10.4. The molecule has 0 radical (unpaired) electrons. The Bertz CT molecular complexity index is 976. The van der Waals surface area contributed by atoms with Crippen molar-refractivity contribution in [2.45, 2.75) is 32.8 Å². The van der Waals surface area contributed by atoms with Crippen LogP contribution in [-0.2, 0) is 17.9 Å². The molecule has 0 spiro atoms. The third kappa shape index (κ3) is 7.07. The molecule has 3 aromatic rings. The van der Waals surface area contributed by atoms with Crippen LogP contribution in [0.4, 0.5) is 13.2 Å². The molecule has 0 aliphatic rings. The summed E-state index contributed by atoms with van der Waals surface area (Å²) < 4.78 is 47.3. The van der Waals surface area contributed by atoms with Crippen LogP contribution >= 0.6 is 11.3 Å². The van der Waals surface area contributed by atoms with Crippen LogP contribution in [0.5, 0.6) is 5.75 Å². The minimum Gasteiger partial charge on any atom is -0.419 e. The fourth-order valence-electron chi connectivity index (χ4n) is 2.87. The van der Waals surface area contributed by atoms with Crippen LogP contribution in [0.15, 0.2) is 46.2 Å². The topological polar surface area (TPSA) is 80.5 Å². The number of hydrogen-bond acceptors (Lipinski definition) is 7. The molecular weight excluding hydrogens is 433 g/mol. The van der Waals surface area contributed by atoms with Crippen molar-refractivity contribution < 1.29 is 27.1 Å². The standard InChI is InChI=1S/C20H21F3N4O3S/c1-2-9-27(13-18-25-26-19(29-18)16-8-5-10-31-16)12-17(28)24-11-14-6-3-4-7-15(14)30-20(21,22)23/h3-8,10H,2,9,11-13H2,1H3,(H,24,28). The van der Waals surface area contributed by atoms with Gasteiger partial charge in [-0.05, 0) is 30.5 Å². The number of rotatable bonds is 10. The number of benzene rings is 1. The molecule has 0 bridgehead atoms. The normalized spacial score (nSPS) is 11.6. The molecule has 0 saturated heterocycles. The second-order valence-electron chi connectivity index (χ2n) is 6.62. The van der Waals surface area contributed by atoms with E-state index in [1.165, 1.54) is 29.5 Å². The van der Waals surface area contributed by atoms with Gasteiger partial charge in [-0.2, -0.15) is 0 Å². The lowest BCUT2D eigenvalue weighted by molar-refractivity contribution is -0.274. The van der Waals surface area contributed by atoms with E-state index in [1.54, 1.807) is 6.07 Å². The number of carbonyl (C=O) groups is 1. The highest BCUT2D eigenvalue weighted by atomic mass is 32.1. The van der Waals surface area contributed by atoms with Crippen molar-refractivity contribution in [2.24, 2.45) is 0 Å². The molecule has 0 aliphatic heterocycles. The number of nitrogens with zero attached hydrogens (tertiary/aromatic N) is 3. The molecule has 7 nitrogen and oxygen atoms in total. The summed E-state index contributed by atoms with van der Waals surface area (Å²) in [5.74, 6) is 0.127. The summed E-state index contributed by atoms with van der Waals surface area (Å²) in [4.78, 5) is 15.1. The van der Waals surface area contributed by atoms with Crippen molar-refractivity contribution in [1.29, 1.82) is 0 Å². The molecule has 2 aromatic heterocycles. The number of aromatic nitrogens is 2. The molecule has 0 fully saturated rings. The highest BCUT2D eigenvalue weighted by Crippen LogP contribution is 2.26. The number of nitrogens with one attached hydrogen (secondary N) is 1. The van der Waals surface area contributed by atoms with Crippen LogP contribution in [0.3, 0.4) is 0 Å². The van der Waals surface area contributed by atoms with Crippen molar-refractivity contribution >= 4 is 17.2 Å². The summed E-state index contributed by atoms with van der Waals surface area (Å²) in [5, 5.41) is 12.6. The van der Waals surface area contributed by atoms with Crippen molar-refractivity contribution in [1.82, 2.24) is 20.4 Å². The van der Waals surface area contributed by atoms with E-state index in [4.69, 9.17) is 4.42 Å². The minimum atomic E-state index is -4.80. The lowest BCUT2D eigenvalue weighted by Gasteiger charge is -2.19. The van der Waals surface area contributed by atoms with Gasteiger partial charge in [-0.15, -0.1) is 34.7 Å². The number of alkyl halides is 3. The van der Waals surface area contributed by atoms with Gasteiger partial charge in [0.25, 0.3) is 5.89 Å². The van der Waals surface area contributed by atoms with E-state index in [0.29, 0.717) is 18.3 Å². The van der Waals surface area contributed by atoms with E-state index in [9.17, 15) is 18.0 Å². The van der Waals surface area contributed by atoms with Gasteiger partial charge in [0.05, 0.1) is 18.0 Å². The number of thiophene rings is 1. The predicted molar refractivity (Wildman–Crippen MR) is 108 cm³/mol. The maximum atomic E-state index is 12.5. The van der Waals surface area contributed by atoms with Gasteiger partial charge in [-0.1, -0.05) is 31.2 Å². The molecule has 1 N–H and O–H groups in total. The molecule has 2 heterocycles. The Balaban J connectivity index is 1.56. The molecular formula is C20H21F3N4O3S. The molecule has 166 valence electrons. The smallest absolute Gasteiger partial charge is 0.419 e. The van der Waals surface area contributed by atoms with Gasteiger partial charge < -0.3 is 14.5 Å². The molecule has 0 aliphatic carbocycles. The number of para-hydroxylation sites is 1. The van der Waals surface area contributed by atoms with E-state index >= 15 is 0 Å². The zero-order valence-electron chi connectivity index (χ0n) is 16.7. The fraction of sp³-hybridized carbons (Fsp3) is 0.350. The second-order valence-corrected chi connectivity index (χ2v) is 7.57. The minimum absolute atomic E-state index is 0.0346. The fourth-order valence-corrected chi connectivity index (χ4v) is 3.51. The lowest BCUT2D eigenvalue weighted by atomic mass is 10.2. The molecule has 0 saturated carbocycles. The second kappa shape index (κ2) is 10.4. The SMILES string of the molecule is CCCN(CC(=O)NCc1ccccc1OC(F)(F)F)Cc1nnc(-c2cccs2)o1. The van der Waals surface area contributed by atoms with Crippen molar-refractivity contribution in [2.75, 3.05) is 13.1 Å². The molecule has 11 heteroatoms. The van der Waals surface area contributed by atoms with Gasteiger partial charge in [0.1, 0.15) is 5.75 Å². The Morgan fingerprint density at radius 2 is 2.03 bits per heavy atom. The van der Waals surface area contributed by atoms with Gasteiger partial charge in [-0.3, -0.25) is 9.69 Å². The largest absolute Gasteiger partial charge is 0.573 e. The summed E-state index contributed by atoms with van der Waals surface area (Å²) >= 11 is 1.48. The molecule has 0 unspecified atom stereocenters. The number of carbonyl (C=O) groups excluding carboxylic acids is 1. The van der Waals surface area contributed by atoms with Gasteiger partial charge in [0, 0.05) is 12.1 Å². The lowest BCUT2D eigenvalue weighted by Crippen LogP contribution is -2.37. The Kier molecular flexibility index (Phi) is 7.64. The van der Waals surface area contributed by atoms with Gasteiger partial charge in [-0.25, -0.2) is 0 Å². The Hall–Kier alpha value is -2.92. The van der Waals surface area contributed by atoms with Crippen LogP contribution in [0.1, 0.15) is 24.8 Å². The van der Waals surface area contributed by atoms with E-state index in [1.807, 2.05) is 29.3 Å². The third-order valence-corrected chi connectivity index (χ3v) is 5.00. The van der Waals surface area contributed by atoms with Crippen LogP contribution in [0, 0.1) is 0 Å². The quantitative estimate of drug-likeness (QED) is 0.494. The molecule has 0 atom stereocenters. The number of hydrogen-bond donors (Lipinski definition) is 1. The maximum Gasteiger partial charge on any atom is 0.573 e. The number of ether oxygens (including phenoxy) is 1. The number of halogens is 3. The summed E-state index contributed by atoms with van der Waals surface area (Å²) in [6, 6.07) is 9.45. The molecule has 3 rings (SSSR count). The first-order valence-electron chi connectivity index (χ1n) is 9.53. The average molecular weight is 454 g/mol. The van der Waals surface area contributed by atoms with E-state index in [-0.39, 0.29) is 36.9 Å². The van der Waals surface area contributed by atoms with Gasteiger partial charge in [0.2, 0.25) is 11.8 Å².